The SMILES string of the molecule is N#Cc1c(Sc2ccc(Cl)c(Cl)c2)cccc1[N+](=O)[O-]. The average Bonchev–Trinajstić information content (AvgIpc) is 2.42. The third kappa shape index (κ3) is 3.05. The van der Waals surface area contributed by atoms with Crippen LogP contribution in [0.3, 0.4) is 0 Å². The Hall–Kier alpha value is -1.74. The fourth-order valence-corrected chi connectivity index (χ4v) is 2.86. The molecule has 20 heavy (non-hydrogen) atoms. The van der Waals surface area contributed by atoms with Crippen LogP contribution in [0.25, 0.3) is 0 Å². The van der Waals surface area contributed by atoms with Crippen molar-refractivity contribution in [3.63, 3.8) is 0 Å². The predicted octanol–water partition coefficient (Wildman–Crippen LogP) is 4.92. The molecule has 4 nitrogen and oxygen atoms in total. The second-order valence-corrected chi connectivity index (χ2v) is 5.63. The van der Waals surface area contributed by atoms with E-state index in [0.717, 1.165) is 4.90 Å². The highest BCUT2D eigenvalue weighted by Crippen LogP contribution is 2.36. The number of nitriles is 1. The molecule has 0 N–H and O–H groups in total. The number of hydrogen-bond acceptors (Lipinski definition) is 4. The summed E-state index contributed by atoms with van der Waals surface area (Å²) in [5, 5.41) is 20.8. The molecule has 0 heterocycles. The van der Waals surface area contributed by atoms with Crippen LogP contribution in [0.5, 0.6) is 0 Å². The first-order chi connectivity index (χ1) is 9.52. The van der Waals surface area contributed by atoms with Crippen LogP contribution < -0.4 is 0 Å². The van der Waals surface area contributed by atoms with Gasteiger partial charge in [0.05, 0.1) is 15.0 Å². The van der Waals surface area contributed by atoms with Crippen molar-refractivity contribution in [2.75, 3.05) is 0 Å². The number of benzene rings is 2. The molecule has 0 aromatic heterocycles. The Morgan fingerprint density at radius 2 is 1.95 bits per heavy atom. The number of rotatable bonds is 3. The number of nitro groups is 1. The van der Waals surface area contributed by atoms with Gasteiger partial charge in [-0.3, -0.25) is 10.1 Å². The molecular weight excluding hydrogens is 319 g/mol. The Morgan fingerprint density at radius 3 is 2.55 bits per heavy atom. The van der Waals surface area contributed by atoms with E-state index < -0.39 is 4.92 Å². The Morgan fingerprint density at radius 1 is 1.20 bits per heavy atom. The first-order valence-corrected chi connectivity index (χ1v) is 6.90. The van der Waals surface area contributed by atoms with Gasteiger partial charge in [0.2, 0.25) is 0 Å². The zero-order valence-corrected chi connectivity index (χ0v) is 12.2. The van der Waals surface area contributed by atoms with Crippen LogP contribution in [0.15, 0.2) is 46.2 Å². The maximum Gasteiger partial charge on any atom is 0.288 e. The van der Waals surface area contributed by atoms with Gasteiger partial charge in [0.25, 0.3) is 5.69 Å². The first-order valence-electron chi connectivity index (χ1n) is 5.33. The van der Waals surface area contributed by atoms with E-state index in [1.165, 1.54) is 17.8 Å². The summed E-state index contributed by atoms with van der Waals surface area (Å²) < 4.78 is 0. The molecule has 2 aromatic rings. The molecule has 0 spiro atoms. The van der Waals surface area contributed by atoms with Gasteiger partial charge < -0.3 is 0 Å². The van der Waals surface area contributed by atoms with Gasteiger partial charge >= 0.3 is 0 Å². The summed E-state index contributed by atoms with van der Waals surface area (Å²) in [4.78, 5) is 11.6. The molecule has 0 aliphatic heterocycles. The van der Waals surface area contributed by atoms with Gasteiger partial charge in [-0.1, -0.05) is 41.0 Å². The molecule has 100 valence electrons. The van der Waals surface area contributed by atoms with Crippen molar-refractivity contribution in [3.8, 4) is 6.07 Å². The number of nitrogens with zero attached hydrogens (tertiary/aromatic N) is 2. The van der Waals surface area contributed by atoms with Crippen molar-refractivity contribution in [3.05, 3.63) is 62.1 Å². The van der Waals surface area contributed by atoms with Gasteiger partial charge in [-0.15, -0.1) is 0 Å². The highest BCUT2D eigenvalue weighted by molar-refractivity contribution is 7.99. The van der Waals surface area contributed by atoms with Crippen LogP contribution in [0.1, 0.15) is 5.56 Å². The van der Waals surface area contributed by atoms with Crippen molar-refractivity contribution in [1.29, 1.82) is 5.26 Å². The van der Waals surface area contributed by atoms with E-state index in [4.69, 9.17) is 28.5 Å². The van der Waals surface area contributed by atoms with Gasteiger partial charge in [0.15, 0.2) is 0 Å². The van der Waals surface area contributed by atoms with Crippen molar-refractivity contribution in [2.45, 2.75) is 9.79 Å². The highest BCUT2D eigenvalue weighted by atomic mass is 35.5. The van der Waals surface area contributed by atoms with E-state index in [0.29, 0.717) is 14.9 Å². The van der Waals surface area contributed by atoms with Crippen LogP contribution >= 0.6 is 35.0 Å². The van der Waals surface area contributed by atoms with E-state index in [-0.39, 0.29) is 11.3 Å². The third-order valence-electron chi connectivity index (χ3n) is 2.43. The molecule has 0 fully saturated rings. The lowest BCUT2D eigenvalue weighted by Gasteiger charge is -2.05. The molecular formula is C13H6Cl2N2O2S. The topological polar surface area (TPSA) is 66.9 Å². The fraction of sp³-hybridized carbons (Fsp3) is 0. The molecule has 0 aliphatic carbocycles. The monoisotopic (exact) mass is 324 g/mol. The summed E-state index contributed by atoms with van der Waals surface area (Å²) in [6, 6.07) is 11.4. The van der Waals surface area contributed by atoms with Crippen LogP contribution in [-0.4, -0.2) is 4.92 Å². The van der Waals surface area contributed by atoms with Crippen LogP contribution in [0.4, 0.5) is 5.69 Å². The molecule has 0 radical (unpaired) electrons. The number of hydrogen-bond donors (Lipinski definition) is 0. The Balaban J connectivity index is 2.43. The summed E-state index contributed by atoms with van der Waals surface area (Å²) in [6.45, 7) is 0. The van der Waals surface area contributed by atoms with E-state index in [2.05, 4.69) is 0 Å². The molecule has 0 saturated heterocycles. The fourth-order valence-electron chi connectivity index (χ4n) is 1.54. The molecule has 0 amide bonds. The summed E-state index contributed by atoms with van der Waals surface area (Å²) in [5.41, 5.74) is -0.175. The Kier molecular flexibility index (Phi) is 4.50. The lowest BCUT2D eigenvalue weighted by molar-refractivity contribution is -0.385. The molecule has 2 aromatic carbocycles. The van der Waals surface area contributed by atoms with Crippen molar-refractivity contribution < 1.29 is 4.92 Å². The minimum absolute atomic E-state index is 0.0357. The maximum atomic E-state index is 10.9. The number of halogens is 2. The lowest BCUT2D eigenvalue weighted by Crippen LogP contribution is -1.93. The first kappa shape index (κ1) is 14.7. The average molecular weight is 325 g/mol. The van der Waals surface area contributed by atoms with Crippen molar-refractivity contribution in [1.82, 2.24) is 0 Å². The maximum absolute atomic E-state index is 10.9. The predicted molar refractivity (Wildman–Crippen MR) is 78.4 cm³/mol. The van der Waals surface area contributed by atoms with Crippen LogP contribution in [-0.2, 0) is 0 Å². The standard InChI is InChI=1S/C13H6Cl2N2O2S/c14-10-5-4-8(6-11(10)15)20-13-3-1-2-12(17(18)19)9(13)7-16/h1-6H. The quantitative estimate of drug-likeness (QED) is 0.593. The summed E-state index contributed by atoms with van der Waals surface area (Å²) in [7, 11) is 0. The second-order valence-electron chi connectivity index (χ2n) is 3.70. The van der Waals surface area contributed by atoms with Gasteiger partial charge in [0.1, 0.15) is 11.6 Å². The Bertz CT molecular complexity index is 729. The third-order valence-corrected chi connectivity index (χ3v) is 4.22. The molecule has 0 atom stereocenters. The normalized spacial score (nSPS) is 10.1. The van der Waals surface area contributed by atoms with E-state index in [1.807, 2.05) is 6.07 Å². The van der Waals surface area contributed by atoms with Crippen molar-refractivity contribution in [2.24, 2.45) is 0 Å². The summed E-state index contributed by atoms with van der Waals surface area (Å²) in [6.07, 6.45) is 0. The van der Waals surface area contributed by atoms with Crippen LogP contribution in [0.2, 0.25) is 10.0 Å². The zero-order chi connectivity index (χ0) is 14.7. The largest absolute Gasteiger partial charge is 0.288 e. The molecule has 0 unspecified atom stereocenters. The van der Waals surface area contributed by atoms with E-state index >= 15 is 0 Å². The second kappa shape index (κ2) is 6.14. The number of nitro benzene ring substituents is 1. The Labute approximate surface area is 129 Å². The van der Waals surface area contributed by atoms with Crippen LogP contribution in [0, 0.1) is 21.4 Å². The van der Waals surface area contributed by atoms with E-state index in [1.54, 1.807) is 30.3 Å². The smallest absolute Gasteiger partial charge is 0.258 e. The van der Waals surface area contributed by atoms with E-state index in [9.17, 15) is 10.1 Å². The molecule has 0 saturated carbocycles. The molecule has 2 rings (SSSR count). The van der Waals surface area contributed by atoms with Gasteiger partial charge in [-0.2, -0.15) is 5.26 Å². The summed E-state index contributed by atoms with van der Waals surface area (Å²) in [5.74, 6) is 0. The zero-order valence-electron chi connectivity index (χ0n) is 9.84. The minimum Gasteiger partial charge on any atom is -0.258 e. The highest BCUT2D eigenvalue weighted by Gasteiger charge is 2.17. The molecule has 0 aliphatic rings. The molecule has 7 heteroatoms. The van der Waals surface area contributed by atoms with Gasteiger partial charge in [0, 0.05) is 15.9 Å². The molecule has 0 bridgehead atoms. The lowest BCUT2D eigenvalue weighted by atomic mass is 10.2. The summed E-state index contributed by atoms with van der Waals surface area (Å²) >= 11 is 13.0. The van der Waals surface area contributed by atoms with Crippen molar-refractivity contribution >= 4 is 40.7 Å². The minimum atomic E-state index is -0.572. The van der Waals surface area contributed by atoms with Gasteiger partial charge in [-0.25, -0.2) is 0 Å². The van der Waals surface area contributed by atoms with Gasteiger partial charge in [-0.05, 0) is 24.3 Å².